The molecule has 34 heavy (non-hydrogen) atoms. The number of nitrogens with one attached hydrogen (secondary N) is 1. The lowest BCUT2D eigenvalue weighted by molar-refractivity contribution is -0.137. The first-order valence-corrected chi connectivity index (χ1v) is 11.3. The smallest absolute Gasteiger partial charge is 0.303 e. The Bertz CT molecular complexity index is 1290. The predicted molar refractivity (Wildman–Crippen MR) is 123 cm³/mol. The maximum absolute atomic E-state index is 12.8. The first-order valence-electron chi connectivity index (χ1n) is 11.3. The second-order valence-corrected chi connectivity index (χ2v) is 8.92. The minimum Gasteiger partial charge on any atom is -0.303 e. The van der Waals surface area contributed by atoms with Crippen molar-refractivity contribution in [3.63, 3.8) is 0 Å². The lowest BCUT2D eigenvalue weighted by Crippen LogP contribution is -2.32. The lowest BCUT2D eigenvalue weighted by Gasteiger charge is -2.17. The molecule has 1 fully saturated rings. The monoisotopic (exact) mass is 475 g/mol. The third kappa shape index (κ3) is 4.86. The van der Waals surface area contributed by atoms with Crippen molar-refractivity contribution in [2.24, 2.45) is 7.05 Å². The number of aromatic amines is 1. The highest BCUT2D eigenvalue weighted by atomic mass is 19.4. The van der Waals surface area contributed by atoms with E-state index in [-0.39, 0.29) is 5.92 Å². The van der Waals surface area contributed by atoms with Crippen molar-refractivity contribution in [3.8, 4) is 11.1 Å². The molecule has 1 saturated heterocycles. The van der Waals surface area contributed by atoms with Gasteiger partial charge in [-0.25, -0.2) is 4.79 Å². The van der Waals surface area contributed by atoms with E-state index >= 15 is 0 Å². The molecule has 0 spiro atoms. The van der Waals surface area contributed by atoms with Crippen LogP contribution in [0.5, 0.6) is 0 Å². The molecule has 1 aromatic carbocycles. The average Bonchev–Trinajstić information content (AvgIpc) is 3.34. The first-order chi connectivity index (χ1) is 16.0. The van der Waals surface area contributed by atoms with Gasteiger partial charge in [0.05, 0.1) is 16.8 Å². The van der Waals surface area contributed by atoms with Crippen LogP contribution in [0.15, 0.2) is 40.1 Å². The van der Waals surface area contributed by atoms with Crippen LogP contribution in [0.2, 0.25) is 0 Å². The summed E-state index contributed by atoms with van der Waals surface area (Å²) in [4.78, 5) is 29.5. The predicted octanol–water partition coefficient (Wildman–Crippen LogP) is 3.45. The summed E-state index contributed by atoms with van der Waals surface area (Å²) >= 11 is 0. The number of aryl methyl sites for hydroxylation is 3. The Hall–Kier alpha value is -3.14. The number of halogens is 3. The molecule has 1 aliphatic heterocycles. The SMILES string of the molecule is Cc1nn(C)c(C)c1-c1cn(CCCN2CC[C@H](c3ccc(C(F)(F)F)cc3)C2)c(=O)[nH]c1=O. The Kier molecular flexibility index (Phi) is 6.53. The topological polar surface area (TPSA) is 75.9 Å². The van der Waals surface area contributed by atoms with Crippen molar-refractivity contribution < 1.29 is 13.2 Å². The lowest BCUT2D eigenvalue weighted by atomic mass is 9.97. The zero-order valence-corrected chi connectivity index (χ0v) is 19.4. The summed E-state index contributed by atoms with van der Waals surface area (Å²) in [5.74, 6) is 0.196. The summed E-state index contributed by atoms with van der Waals surface area (Å²) in [7, 11) is 1.81. The van der Waals surface area contributed by atoms with Gasteiger partial charge in [0.2, 0.25) is 0 Å². The van der Waals surface area contributed by atoms with Crippen LogP contribution >= 0.6 is 0 Å². The molecule has 1 N–H and O–H groups in total. The fourth-order valence-electron chi connectivity index (χ4n) is 4.73. The molecule has 0 aliphatic carbocycles. The highest BCUT2D eigenvalue weighted by molar-refractivity contribution is 5.66. The standard InChI is InChI=1S/C24H28F3N5O2/c1-15-21(16(2)30(3)29-15)20-14-32(23(34)28-22(20)33)11-4-10-31-12-9-18(13-31)17-5-7-19(8-6-17)24(25,26)27/h5-8,14,18H,4,9-13H2,1-3H3,(H,28,33,34)/t18-/m0/s1. The van der Waals surface area contributed by atoms with Crippen LogP contribution in [0.3, 0.4) is 0 Å². The van der Waals surface area contributed by atoms with Crippen molar-refractivity contribution in [2.75, 3.05) is 19.6 Å². The van der Waals surface area contributed by atoms with E-state index in [0.717, 1.165) is 60.7 Å². The fourth-order valence-corrected chi connectivity index (χ4v) is 4.73. The maximum Gasteiger partial charge on any atom is 0.416 e. The van der Waals surface area contributed by atoms with E-state index in [2.05, 4.69) is 15.0 Å². The van der Waals surface area contributed by atoms with Gasteiger partial charge in [-0.2, -0.15) is 18.3 Å². The zero-order valence-electron chi connectivity index (χ0n) is 19.4. The van der Waals surface area contributed by atoms with Gasteiger partial charge in [-0.15, -0.1) is 0 Å². The number of nitrogens with zero attached hydrogens (tertiary/aromatic N) is 4. The second-order valence-electron chi connectivity index (χ2n) is 8.92. The van der Waals surface area contributed by atoms with Crippen molar-refractivity contribution in [1.29, 1.82) is 0 Å². The summed E-state index contributed by atoms with van der Waals surface area (Å²) < 4.78 is 41.6. The van der Waals surface area contributed by atoms with Gasteiger partial charge in [-0.3, -0.25) is 19.0 Å². The Labute approximate surface area is 194 Å². The molecule has 0 bridgehead atoms. The second kappa shape index (κ2) is 9.25. The maximum atomic E-state index is 12.8. The summed E-state index contributed by atoms with van der Waals surface area (Å²) in [5.41, 5.74) is 2.13. The van der Waals surface area contributed by atoms with Crippen LogP contribution in [0, 0.1) is 13.8 Å². The van der Waals surface area contributed by atoms with Crippen LogP contribution in [0.25, 0.3) is 11.1 Å². The van der Waals surface area contributed by atoms with Gasteiger partial charge in [0.25, 0.3) is 5.56 Å². The third-order valence-electron chi connectivity index (χ3n) is 6.64. The highest BCUT2D eigenvalue weighted by Crippen LogP contribution is 2.32. The minimum absolute atomic E-state index is 0.196. The van der Waals surface area contributed by atoms with E-state index in [0.29, 0.717) is 18.5 Å². The van der Waals surface area contributed by atoms with E-state index in [9.17, 15) is 22.8 Å². The van der Waals surface area contributed by atoms with Gasteiger partial charge in [-0.05, 0) is 63.4 Å². The minimum atomic E-state index is -4.33. The number of H-pyrrole nitrogens is 1. The third-order valence-corrected chi connectivity index (χ3v) is 6.64. The van der Waals surface area contributed by atoms with Crippen LogP contribution in [0.1, 0.15) is 41.3 Å². The average molecular weight is 476 g/mol. The van der Waals surface area contributed by atoms with Crippen molar-refractivity contribution in [1.82, 2.24) is 24.2 Å². The molecule has 10 heteroatoms. The van der Waals surface area contributed by atoms with E-state index in [4.69, 9.17) is 0 Å². The molecule has 182 valence electrons. The summed E-state index contributed by atoms with van der Waals surface area (Å²) in [6, 6.07) is 5.43. The molecule has 1 atom stereocenters. The Morgan fingerprint density at radius 1 is 1.12 bits per heavy atom. The normalized spacial score (nSPS) is 16.9. The Morgan fingerprint density at radius 3 is 2.44 bits per heavy atom. The number of hydrogen-bond acceptors (Lipinski definition) is 4. The van der Waals surface area contributed by atoms with Gasteiger partial charge >= 0.3 is 11.9 Å². The van der Waals surface area contributed by atoms with Crippen molar-refractivity contribution in [2.45, 2.75) is 45.3 Å². The van der Waals surface area contributed by atoms with Gasteiger partial charge in [-0.1, -0.05) is 12.1 Å². The molecular weight excluding hydrogens is 447 g/mol. The van der Waals surface area contributed by atoms with Crippen LogP contribution < -0.4 is 11.2 Å². The van der Waals surface area contributed by atoms with Crippen LogP contribution in [0.4, 0.5) is 13.2 Å². The molecule has 0 unspecified atom stereocenters. The molecule has 2 aromatic heterocycles. The number of likely N-dealkylation sites (tertiary alicyclic amines) is 1. The Morgan fingerprint density at radius 2 is 1.82 bits per heavy atom. The number of rotatable bonds is 6. The molecule has 0 saturated carbocycles. The zero-order chi connectivity index (χ0) is 24.6. The van der Waals surface area contributed by atoms with Crippen LogP contribution in [-0.2, 0) is 19.8 Å². The fraction of sp³-hybridized carbons (Fsp3) is 0.458. The summed E-state index contributed by atoms with van der Waals surface area (Å²) in [5, 5.41) is 4.36. The molecule has 1 aliphatic rings. The molecule has 4 rings (SSSR count). The van der Waals surface area contributed by atoms with E-state index in [1.54, 1.807) is 23.0 Å². The summed E-state index contributed by atoms with van der Waals surface area (Å²) in [6.07, 6.45) is -1.13. The Balaban J connectivity index is 1.39. The number of hydrogen-bond donors (Lipinski definition) is 1. The van der Waals surface area contributed by atoms with Crippen molar-refractivity contribution in [3.05, 3.63) is 73.8 Å². The van der Waals surface area contributed by atoms with E-state index < -0.39 is 23.0 Å². The van der Waals surface area contributed by atoms with E-state index in [1.165, 1.54) is 4.57 Å². The molecule has 0 amide bonds. The quantitative estimate of drug-likeness (QED) is 0.593. The number of aromatic nitrogens is 4. The van der Waals surface area contributed by atoms with Gasteiger partial charge in [0.15, 0.2) is 0 Å². The number of benzene rings is 1. The van der Waals surface area contributed by atoms with E-state index in [1.807, 2.05) is 20.9 Å². The molecular formula is C24H28F3N5O2. The first kappa shape index (κ1) is 24.0. The molecule has 3 heterocycles. The summed E-state index contributed by atoms with van der Waals surface area (Å²) in [6.45, 7) is 6.53. The van der Waals surface area contributed by atoms with Crippen molar-refractivity contribution >= 4 is 0 Å². The van der Waals surface area contributed by atoms with Gasteiger partial charge in [0, 0.05) is 37.6 Å². The largest absolute Gasteiger partial charge is 0.416 e. The number of alkyl halides is 3. The molecule has 3 aromatic rings. The molecule has 0 radical (unpaired) electrons. The van der Waals surface area contributed by atoms with Gasteiger partial charge in [0.1, 0.15) is 0 Å². The van der Waals surface area contributed by atoms with Gasteiger partial charge < -0.3 is 4.90 Å². The molecule has 7 nitrogen and oxygen atoms in total. The van der Waals surface area contributed by atoms with Crippen LogP contribution in [-0.4, -0.2) is 43.9 Å². The highest BCUT2D eigenvalue weighted by Gasteiger charge is 2.31.